The Balaban J connectivity index is 1.60. The Morgan fingerprint density at radius 1 is 1.12 bits per heavy atom. The number of urea groups is 1. The molecule has 0 aromatic heterocycles. The summed E-state index contributed by atoms with van der Waals surface area (Å²) in [6, 6.07) is 17.4. The Morgan fingerprint density at radius 2 is 1.85 bits per heavy atom. The summed E-state index contributed by atoms with van der Waals surface area (Å²) in [5, 5.41) is 14.9. The maximum Gasteiger partial charge on any atom is 0.315 e. The molecule has 3 rings (SSSR count). The lowest BCUT2D eigenvalue weighted by molar-refractivity contribution is -0.137. The van der Waals surface area contributed by atoms with Crippen LogP contribution in [0.4, 0.5) is 4.79 Å². The lowest BCUT2D eigenvalue weighted by atomic mass is 10.0. The van der Waals surface area contributed by atoms with Crippen molar-refractivity contribution in [3.8, 4) is 0 Å². The molecule has 2 aromatic carbocycles. The Hall–Kier alpha value is -2.47. The number of carboxylic acid groups (broad SMARTS) is 1. The van der Waals surface area contributed by atoms with Crippen LogP contribution in [0, 0.1) is 0 Å². The van der Waals surface area contributed by atoms with Crippen molar-refractivity contribution in [2.45, 2.75) is 36.2 Å². The fourth-order valence-corrected chi connectivity index (χ4v) is 4.25. The predicted octanol–water partition coefficient (Wildman–Crippen LogP) is 3.61. The number of carbonyl (C=O) groups is 2. The van der Waals surface area contributed by atoms with Gasteiger partial charge < -0.3 is 15.7 Å². The Morgan fingerprint density at radius 3 is 2.62 bits per heavy atom. The number of fused-ring (bicyclic) bond motifs is 1. The van der Waals surface area contributed by atoms with Gasteiger partial charge in [0.25, 0.3) is 0 Å². The first-order valence-corrected chi connectivity index (χ1v) is 9.65. The van der Waals surface area contributed by atoms with Crippen molar-refractivity contribution in [1.29, 1.82) is 0 Å². The van der Waals surface area contributed by atoms with Crippen molar-refractivity contribution < 1.29 is 14.7 Å². The van der Waals surface area contributed by atoms with Crippen LogP contribution in [0.25, 0.3) is 0 Å². The maximum atomic E-state index is 12.5. The van der Waals surface area contributed by atoms with Crippen LogP contribution in [-0.2, 0) is 11.2 Å². The van der Waals surface area contributed by atoms with Crippen molar-refractivity contribution in [3.05, 3.63) is 65.7 Å². The first-order valence-electron chi connectivity index (χ1n) is 8.66. The number of hydrogen-bond acceptors (Lipinski definition) is 3. The highest BCUT2D eigenvalue weighted by atomic mass is 32.2. The van der Waals surface area contributed by atoms with Crippen LogP contribution in [0.3, 0.4) is 0 Å². The smallest absolute Gasteiger partial charge is 0.315 e. The highest BCUT2D eigenvalue weighted by Crippen LogP contribution is 2.37. The molecule has 26 heavy (non-hydrogen) atoms. The molecule has 0 bridgehead atoms. The van der Waals surface area contributed by atoms with Crippen LogP contribution in [-0.4, -0.2) is 28.9 Å². The number of nitrogens with one attached hydrogen (secondary N) is 2. The molecule has 0 spiro atoms. The normalized spacial score (nSPS) is 16.5. The van der Waals surface area contributed by atoms with Crippen molar-refractivity contribution >= 4 is 23.8 Å². The van der Waals surface area contributed by atoms with Gasteiger partial charge in [0.05, 0.1) is 6.04 Å². The second-order valence-electron chi connectivity index (χ2n) is 6.34. The highest BCUT2D eigenvalue weighted by molar-refractivity contribution is 7.99. The van der Waals surface area contributed by atoms with E-state index in [0.29, 0.717) is 12.8 Å². The largest absolute Gasteiger partial charge is 0.481 e. The quantitative estimate of drug-likeness (QED) is 0.696. The van der Waals surface area contributed by atoms with Gasteiger partial charge in [0.2, 0.25) is 0 Å². The summed E-state index contributed by atoms with van der Waals surface area (Å²) in [6.45, 7) is 0. The van der Waals surface area contributed by atoms with E-state index in [1.165, 1.54) is 4.90 Å². The van der Waals surface area contributed by atoms with Gasteiger partial charge in [-0.25, -0.2) is 4.79 Å². The van der Waals surface area contributed by atoms with Crippen LogP contribution in [0.15, 0.2) is 59.5 Å². The van der Waals surface area contributed by atoms with E-state index in [9.17, 15) is 9.59 Å². The molecular weight excluding hydrogens is 348 g/mol. The summed E-state index contributed by atoms with van der Waals surface area (Å²) in [5.41, 5.74) is 2.21. The zero-order chi connectivity index (χ0) is 18.4. The minimum atomic E-state index is -0.855. The summed E-state index contributed by atoms with van der Waals surface area (Å²) in [6.07, 6.45) is 1.03. The molecule has 0 aliphatic carbocycles. The van der Waals surface area contributed by atoms with Gasteiger partial charge in [-0.2, -0.15) is 0 Å². The summed E-state index contributed by atoms with van der Waals surface area (Å²) < 4.78 is 0. The van der Waals surface area contributed by atoms with Gasteiger partial charge in [0, 0.05) is 23.1 Å². The van der Waals surface area contributed by atoms with Crippen molar-refractivity contribution in [3.63, 3.8) is 0 Å². The lowest BCUT2D eigenvalue weighted by Gasteiger charge is -2.21. The number of benzene rings is 2. The molecule has 2 amide bonds. The lowest BCUT2D eigenvalue weighted by Crippen LogP contribution is -2.44. The predicted molar refractivity (Wildman–Crippen MR) is 102 cm³/mol. The molecule has 0 saturated carbocycles. The van der Waals surface area contributed by atoms with E-state index >= 15 is 0 Å². The first kappa shape index (κ1) is 18.3. The monoisotopic (exact) mass is 370 g/mol. The van der Waals surface area contributed by atoms with Gasteiger partial charge in [-0.1, -0.05) is 48.5 Å². The van der Waals surface area contributed by atoms with E-state index in [1.807, 2.05) is 48.5 Å². The topological polar surface area (TPSA) is 78.4 Å². The van der Waals surface area contributed by atoms with Gasteiger partial charge in [0.15, 0.2) is 0 Å². The van der Waals surface area contributed by atoms with E-state index in [2.05, 4.69) is 16.7 Å². The second kappa shape index (κ2) is 8.76. The van der Waals surface area contributed by atoms with Crippen LogP contribution in [0.5, 0.6) is 0 Å². The molecule has 1 aliphatic heterocycles. The van der Waals surface area contributed by atoms with E-state index in [4.69, 9.17) is 5.11 Å². The van der Waals surface area contributed by atoms with Crippen LogP contribution < -0.4 is 10.6 Å². The Kier molecular flexibility index (Phi) is 6.17. The number of rotatable bonds is 7. The van der Waals surface area contributed by atoms with Gasteiger partial charge in [-0.3, -0.25) is 4.79 Å². The van der Waals surface area contributed by atoms with Crippen LogP contribution >= 0.6 is 11.8 Å². The zero-order valence-electron chi connectivity index (χ0n) is 14.4. The molecule has 5 nitrogen and oxygen atoms in total. The van der Waals surface area contributed by atoms with E-state index in [-0.39, 0.29) is 24.5 Å². The van der Waals surface area contributed by atoms with Crippen molar-refractivity contribution in [1.82, 2.24) is 10.6 Å². The van der Waals surface area contributed by atoms with Crippen molar-refractivity contribution in [2.75, 3.05) is 5.75 Å². The number of carboxylic acids is 1. The van der Waals surface area contributed by atoms with Crippen LogP contribution in [0.2, 0.25) is 0 Å². The maximum absolute atomic E-state index is 12.5. The molecule has 6 heteroatoms. The first-order chi connectivity index (χ1) is 12.6. The molecule has 2 unspecified atom stereocenters. The van der Waals surface area contributed by atoms with Gasteiger partial charge in [0.1, 0.15) is 0 Å². The highest BCUT2D eigenvalue weighted by Gasteiger charge is 2.25. The average Bonchev–Trinajstić information content (AvgIpc) is 3.03. The molecule has 3 N–H and O–H groups in total. The summed E-state index contributed by atoms with van der Waals surface area (Å²) in [7, 11) is 0. The van der Waals surface area contributed by atoms with E-state index in [0.717, 1.165) is 16.9 Å². The minimum absolute atomic E-state index is 0.0203. The summed E-state index contributed by atoms with van der Waals surface area (Å²) >= 11 is 1.73. The fourth-order valence-electron chi connectivity index (χ4n) is 3.09. The fraction of sp³-hybridized carbons (Fsp3) is 0.300. The van der Waals surface area contributed by atoms with E-state index < -0.39 is 5.97 Å². The Bertz CT molecular complexity index is 767. The SMILES string of the molecule is O=C(O)CCC(Cc1ccccc1)NC(=O)NC1CSc2ccccc21. The minimum Gasteiger partial charge on any atom is -0.481 e. The molecule has 136 valence electrons. The standard InChI is InChI=1S/C20H22N2O3S/c23-19(24)11-10-15(12-14-6-2-1-3-7-14)21-20(25)22-17-13-26-18-9-5-4-8-16(17)18/h1-9,15,17H,10-13H2,(H,23,24)(H2,21,22,25). The summed E-state index contributed by atoms with van der Waals surface area (Å²) in [4.78, 5) is 24.6. The number of aliphatic carboxylic acids is 1. The second-order valence-corrected chi connectivity index (χ2v) is 7.40. The number of thioether (sulfide) groups is 1. The third kappa shape index (κ3) is 5.02. The molecule has 2 atom stereocenters. The van der Waals surface area contributed by atoms with Gasteiger partial charge >= 0.3 is 12.0 Å². The zero-order valence-corrected chi connectivity index (χ0v) is 15.2. The number of carbonyl (C=O) groups excluding carboxylic acids is 1. The molecule has 0 saturated heterocycles. The van der Waals surface area contributed by atoms with Gasteiger partial charge in [-0.05, 0) is 30.0 Å². The molecule has 0 radical (unpaired) electrons. The number of amides is 2. The van der Waals surface area contributed by atoms with Gasteiger partial charge in [-0.15, -0.1) is 11.8 Å². The van der Waals surface area contributed by atoms with Crippen molar-refractivity contribution in [2.24, 2.45) is 0 Å². The third-order valence-corrected chi connectivity index (χ3v) is 5.55. The molecular formula is C20H22N2O3S. The van der Waals surface area contributed by atoms with Crippen LogP contribution in [0.1, 0.15) is 30.0 Å². The average molecular weight is 370 g/mol. The molecule has 1 aliphatic rings. The summed E-state index contributed by atoms with van der Waals surface area (Å²) in [5.74, 6) is -0.0444. The molecule has 0 fully saturated rings. The van der Waals surface area contributed by atoms with E-state index in [1.54, 1.807) is 11.8 Å². The number of hydrogen-bond donors (Lipinski definition) is 3. The molecule has 1 heterocycles. The third-order valence-electron chi connectivity index (χ3n) is 4.37. The Labute approximate surface area is 157 Å². The molecule has 2 aromatic rings.